The van der Waals surface area contributed by atoms with Crippen LogP contribution >= 0.6 is 15.9 Å². The van der Waals surface area contributed by atoms with E-state index in [0.717, 1.165) is 10.9 Å². The molecule has 0 fully saturated rings. The van der Waals surface area contributed by atoms with Crippen LogP contribution in [-0.4, -0.2) is 6.29 Å². The monoisotopic (exact) mass is 197 g/mol. The Morgan fingerprint density at radius 1 is 1.50 bits per heavy atom. The molecule has 0 aliphatic carbocycles. The van der Waals surface area contributed by atoms with Gasteiger partial charge in [-0.25, -0.2) is 0 Å². The molecule has 1 aromatic rings. The van der Waals surface area contributed by atoms with Crippen molar-refractivity contribution in [1.29, 1.82) is 0 Å². The zero-order valence-electron chi connectivity index (χ0n) is 5.30. The number of alkyl halides is 1. The van der Waals surface area contributed by atoms with Gasteiger partial charge in [0.2, 0.25) is 6.29 Å². The van der Waals surface area contributed by atoms with Crippen molar-refractivity contribution in [3.05, 3.63) is 35.4 Å². The number of rotatable bonds is 2. The Morgan fingerprint density at radius 3 is 2.90 bits per heavy atom. The second-order valence-corrected chi connectivity index (χ2v) is 2.50. The van der Waals surface area contributed by atoms with E-state index in [1.54, 1.807) is 6.07 Å². The molecule has 1 radical (unpaired) electrons. The average molecular weight is 198 g/mol. The van der Waals surface area contributed by atoms with Crippen molar-refractivity contribution in [1.82, 2.24) is 0 Å². The van der Waals surface area contributed by atoms with Gasteiger partial charge in [-0.05, 0) is 11.6 Å². The first-order valence-electron chi connectivity index (χ1n) is 2.90. The molecule has 1 rings (SSSR count). The maximum absolute atomic E-state index is 10.1. The van der Waals surface area contributed by atoms with Crippen LogP contribution in [0.25, 0.3) is 0 Å². The van der Waals surface area contributed by atoms with E-state index in [9.17, 15) is 4.79 Å². The fourth-order valence-electron chi connectivity index (χ4n) is 0.718. The maximum atomic E-state index is 10.1. The van der Waals surface area contributed by atoms with Gasteiger partial charge in [-0.15, -0.1) is 0 Å². The van der Waals surface area contributed by atoms with Gasteiger partial charge in [0.1, 0.15) is 0 Å². The summed E-state index contributed by atoms with van der Waals surface area (Å²) >= 11 is 3.29. The molecule has 51 valence electrons. The summed E-state index contributed by atoms with van der Waals surface area (Å²) in [6, 6.07) is 7.34. The van der Waals surface area contributed by atoms with Crippen LogP contribution < -0.4 is 0 Å². The number of halogens is 1. The van der Waals surface area contributed by atoms with Crippen LogP contribution in [-0.2, 0) is 10.1 Å². The Bertz CT molecular complexity index is 232. The number of carbonyl (C=O) groups excluding carboxylic acids is 1. The van der Waals surface area contributed by atoms with Crippen LogP contribution in [0.5, 0.6) is 0 Å². The van der Waals surface area contributed by atoms with E-state index < -0.39 is 0 Å². The van der Waals surface area contributed by atoms with E-state index in [2.05, 4.69) is 15.9 Å². The number of hydrogen-bond donors (Lipinski definition) is 0. The lowest BCUT2D eigenvalue weighted by atomic mass is 10.2. The van der Waals surface area contributed by atoms with Crippen molar-refractivity contribution >= 4 is 22.2 Å². The molecule has 0 bridgehead atoms. The first kappa shape index (κ1) is 7.48. The molecule has 0 aromatic heterocycles. The zero-order chi connectivity index (χ0) is 7.40. The van der Waals surface area contributed by atoms with Crippen molar-refractivity contribution < 1.29 is 4.79 Å². The Hall–Kier alpha value is -0.630. The van der Waals surface area contributed by atoms with E-state index in [4.69, 9.17) is 0 Å². The Balaban J connectivity index is 2.98. The second-order valence-electron chi connectivity index (χ2n) is 1.94. The second kappa shape index (κ2) is 3.52. The van der Waals surface area contributed by atoms with Crippen LogP contribution in [0.15, 0.2) is 24.3 Å². The Labute approximate surface area is 68.2 Å². The molecule has 0 unspecified atom stereocenters. The van der Waals surface area contributed by atoms with Crippen LogP contribution in [0.1, 0.15) is 11.1 Å². The predicted molar refractivity (Wildman–Crippen MR) is 43.9 cm³/mol. The van der Waals surface area contributed by atoms with Crippen LogP contribution in [0.4, 0.5) is 0 Å². The van der Waals surface area contributed by atoms with Crippen molar-refractivity contribution in [2.45, 2.75) is 5.33 Å². The summed E-state index contributed by atoms with van der Waals surface area (Å²) in [4.78, 5) is 10.1. The van der Waals surface area contributed by atoms with E-state index in [1.807, 2.05) is 24.5 Å². The molecule has 0 N–H and O–H groups in total. The average Bonchev–Trinajstić information content (AvgIpc) is 2.05. The van der Waals surface area contributed by atoms with Gasteiger partial charge in [0, 0.05) is 10.9 Å². The first-order valence-corrected chi connectivity index (χ1v) is 4.02. The lowest BCUT2D eigenvalue weighted by molar-refractivity contribution is 0.562. The van der Waals surface area contributed by atoms with Gasteiger partial charge in [0.15, 0.2) is 0 Å². The molecule has 0 amide bonds. The van der Waals surface area contributed by atoms with Crippen molar-refractivity contribution in [2.24, 2.45) is 0 Å². The topological polar surface area (TPSA) is 17.1 Å². The zero-order valence-corrected chi connectivity index (χ0v) is 6.89. The largest absolute Gasteiger partial charge is 0.285 e. The summed E-state index contributed by atoms with van der Waals surface area (Å²) in [7, 11) is 0. The molecule has 0 aliphatic rings. The fraction of sp³-hybridized carbons (Fsp3) is 0.125. The van der Waals surface area contributed by atoms with Crippen molar-refractivity contribution in [3.8, 4) is 0 Å². The fourth-order valence-corrected chi connectivity index (χ4v) is 1.07. The predicted octanol–water partition coefficient (Wildman–Crippen LogP) is 2.04. The van der Waals surface area contributed by atoms with Crippen LogP contribution in [0.2, 0.25) is 0 Å². The van der Waals surface area contributed by atoms with Gasteiger partial charge in [0.05, 0.1) is 0 Å². The van der Waals surface area contributed by atoms with E-state index in [-0.39, 0.29) is 0 Å². The normalized spacial score (nSPS) is 9.30. The molecular weight excluding hydrogens is 192 g/mol. The van der Waals surface area contributed by atoms with E-state index in [0.29, 0.717) is 5.56 Å². The summed E-state index contributed by atoms with van der Waals surface area (Å²) < 4.78 is 0. The van der Waals surface area contributed by atoms with E-state index in [1.165, 1.54) is 0 Å². The Kier molecular flexibility index (Phi) is 2.63. The van der Waals surface area contributed by atoms with E-state index >= 15 is 0 Å². The minimum atomic E-state index is 0.608. The highest BCUT2D eigenvalue weighted by Gasteiger charge is 1.91. The molecule has 1 nitrogen and oxygen atoms in total. The third-order valence-corrected chi connectivity index (χ3v) is 1.85. The summed E-state index contributed by atoms with van der Waals surface area (Å²) in [6.07, 6.45) is 1.83. The third kappa shape index (κ3) is 1.67. The minimum Gasteiger partial charge on any atom is -0.285 e. The molecule has 0 spiro atoms. The highest BCUT2D eigenvalue weighted by Crippen LogP contribution is 2.06. The lowest BCUT2D eigenvalue weighted by Gasteiger charge is -1.93. The lowest BCUT2D eigenvalue weighted by Crippen LogP contribution is -1.82. The number of hydrogen-bond acceptors (Lipinski definition) is 1. The molecule has 0 aliphatic heterocycles. The summed E-state index contributed by atoms with van der Waals surface area (Å²) in [5.41, 5.74) is 1.71. The minimum absolute atomic E-state index is 0.608. The van der Waals surface area contributed by atoms with Gasteiger partial charge in [-0.2, -0.15) is 0 Å². The Morgan fingerprint density at radius 2 is 2.30 bits per heavy atom. The van der Waals surface area contributed by atoms with Gasteiger partial charge < -0.3 is 0 Å². The third-order valence-electron chi connectivity index (χ3n) is 1.20. The highest BCUT2D eigenvalue weighted by molar-refractivity contribution is 9.08. The summed E-state index contributed by atoms with van der Waals surface area (Å²) in [6.45, 7) is 0. The highest BCUT2D eigenvalue weighted by atomic mass is 79.9. The first-order chi connectivity index (χ1) is 4.86. The molecule has 2 heteroatoms. The van der Waals surface area contributed by atoms with Gasteiger partial charge in [0.25, 0.3) is 0 Å². The van der Waals surface area contributed by atoms with Crippen molar-refractivity contribution in [3.63, 3.8) is 0 Å². The maximum Gasteiger partial charge on any atom is 0.233 e. The molecule has 0 atom stereocenters. The smallest absolute Gasteiger partial charge is 0.233 e. The molecule has 0 heterocycles. The molecule has 0 saturated carbocycles. The molecule has 1 aromatic carbocycles. The quantitative estimate of drug-likeness (QED) is 0.664. The van der Waals surface area contributed by atoms with Crippen LogP contribution in [0, 0.1) is 0 Å². The summed E-state index contributed by atoms with van der Waals surface area (Å²) in [5.74, 6) is 0. The summed E-state index contributed by atoms with van der Waals surface area (Å²) in [5, 5.41) is 0.780. The van der Waals surface area contributed by atoms with Gasteiger partial charge in [-0.1, -0.05) is 34.1 Å². The number of benzene rings is 1. The SMILES string of the molecule is O=[C]c1cccc(CBr)c1. The molecule has 0 saturated heterocycles. The van der Waals surface area contributed by atoms with Crippen LogP contribution in [0.3, 0.4) is 0 Å². The van der Waals surface area contributed by atoms with Gasteiger partial charge in [-0.3, -0.25) is 4.79 Å². The molecule has 10 heavy (non-hydrogen) atoms. The van der Waals surface area contributed by atoms with Crippen molar-refractivity contribution in [2.75, 3.05) is 0 Å². The molecular formula is C8H6BrO. The van der Waals surface area contributed by atoms with Gasteiger partial charge >= 0.3 is 0 Å². The standard InChI is InChI=1S/C8H6BrO/c9-5-7-2-1-3-8(4-7)6-10/h1-4H,5H2.